The first kappa shape index (κ1) is 28.2. The molecule has 0 bridgehead atoms. The molecule has 0 aliphatic heterocycles. The number of para-hydroxylation sites is 2. The molecule has 2 heterocycles. The first-order valence-corrected chi connectivity index (χ1v) is 19.1. The summed E-state index contributed by atoms with van der Waals surface area (Å²) in [4.78, 5) is 10.0. The van der Waals surface area contributed by atoms with Crippen LogP contribution in [0.4, 0.5) is 0 Å². The highest BCUT2D eigenvalue weighted by Crippen LogP contribution is 2.41. The highest BCUT2D eigenvalue weighted by atomic mass is 16.3. The van der Waals surface area contributed by atoms with Crippen LogP contribution in [0.2, 0.25) is 0 Å². The van der Waals surface area contributed by atoms with Gasteiger partial charge < -0.3 is 5.11 Å². The average molecular weight is 755 g/mol. The Balaban J connectivity index is 1.32. The summed E-state index contributed by atoms with van der Waals surface area (Å²) in [6.07, 6.45) is 1.55. The number of hydrogen-bond acceptors (Lipinski definition) is 3. The average Bonchev–Trinajstić information content (AvgIpc) is 3.64. The van der Waals surface area contributed by atoms with E-state index in [2.05, 4.69) is 26.8 Å². The Kier molecular flexibility index (Phi) is 7.42. The number of aromatic nitrogens is 3. The Morgan fingerprint density at radius 2 is 1.33 bits per heavy atom. The van der Waals surface area contributed by atoms with E-state index in [0.717, 1.165) is 55.7 Å². The first-order chi connectivity index (χ1) is 30.9. The van der Waals surface area contributed by atoms with Crippen LogP contribution in [-0.2, 0) is 5.41 Å². The van der Waals surface area contributed by atoms with Gasteiger partial charge in [-0.05, 0) is 123 Å². The Morgan fingerprint density at radius 3 is 2.00 bits per heavy atom. The number of phenolic OH excluding ortho intramolecular Hbond substituents is 1. The van der Waals surface area contributed by atoms with Gasteiger partial charge in [0.25, 0.3) is 0 Å². The molecule has 0 aliphatic carbocycles. The van der Waals surface area contributed by atoms with Crippen LogP contribution >= 0.6 is 0 Å². The minimum Gasteiger partial charge on any atom is -0.507 e. The fourth-order valence-corrected chi connectivity index (χ4v) is 7.48. The van der Waals surface area contributed by atoms with Gasteiger partial charge >= 0.3 is 0 Å². The number of nitrogens with zero attached hydrogens (tertiary/aromatic N) is 3. The molecule has 0 amide bonds. The minimum atomic E-state index is -2.82. The van der Waals surface area contributed by atoms with Crippen molar-refractivity contribution in [3.05, 3.63) is 168 Å². The third kappa shape index (κ3) is 7.29. The van der Waals surface area contributed by atoms with Crippen molar-refractivity contribution in [1.29, 1.82) is 0 Å². The lowest BCUT2D eigenvalue weighted by atomic mass is 9.83. The molecular formula is C53H51N3O. The predicted molar refractivity (Wildman–Crippen MR) is 239 cm³/mol. The molecule has 0 saturated heterocycles. The van der Waals surface area contributed by atoms with E-state index in [-0.39, 0.29) is 16.7 Å². The van der Waals surface area contributed by atoms with E-state index < -0.39 is 48.4 Å². The molecule has 8 rings (SSSR count). The Hall–Kier alpha value is -6.26. The number of benzene rings is 6. The highest BCUT2D eigenvalue weighted by molar-refractivity contribution is 5.97. The molecular weight excluding hydrogens is 695 g/mol. The zero-order valence-corrected chi connectivity index (χ0v) is 33.3. The van der Waals surface area contributed by atoms with Crippen molar-refractivity contribution < 1.29 is 17.4 Å². The van der Waals surface area contributed by atoms with Gasteiger partial charge in [-0.1, -0.05) is 139 Å². The minimum absolute atomic E-state index is 0.0148. The molecule has 8 aromatic rings. The van der Waals surface area contributed by atoms with E-state index in [1.807, 2.05) is 117 Å². The van der Waals surface area contributed by atoms with Crippen LogP contribution in [0.3, 0.4) is 0 Å². The molecule has 0 spiro atoms. The normalized spacial score (nSPS) is 14.8. The van der Waals surface area contributed by atoms with Crippen molar-refractivity contribution in [3.8, 4) is 67.5 Å². The fraction of sp³-hybridized carbons (Fsp3) is 0.208. The zero-order valence-electron chi connectivity index (χ0n) is 42.3. The van der Waals surface area contributed by atoms with Gasteiger partial charge in [0.1, 0.15) is 11.6 Å². The lowest BCUT2D eigenvalue weighted by Gasteiger charge is -2.22. The molecule has 6 aromatic carbocycles. The van der Waals surface area contributed by atoms with Gasteiger partial charge in [-0.2, -0.15) is 0 Å². The fourth-order valence-electron chi connectivity index (χ4n) is 7.48. The van der Waals surface area contributed by atoms with Crippen molar-refractivity contribution >= 4 is 11.0 Å². The number of rotatable bonds is 8. The molecule has 0 fully saturated rings. The van der Waals surface area contributed by atoms with E-state index in [9.17, 15) is 5.11 Å². The quantitative estimate of drug-likeness (QED) is 0.168. The van der Waals surface area contributed by atoms with Crippen LogP contribution in [0.1, 0.15) is 94.8 Å². The van der Waals surface area contributed by atoms with Crippen molar-refractivity contribution in [3.63, 3.8) is 0 Å². The number of pyridine rings is 1. The molecule has 2 aromatic heterocycles. The van der Waals surface area contributed by atoms with Gasteiger partial charge in [-0.25, -0.2) is 4.98 Å². The van der Waals surface area contributed by atoms with Gasteiger partial charge in [-0.3, -0.25) is 9.55 Å². The molecule has 0 saturated carbocycles. The molecule has 4 nitrogen and oxygen atoms in total. The summed E-state index contributed by atoms with van der Waals surface area (Å²) < 4.78 is 78.2. The Labute approximate surface area is 350 Å². The summed E-state index contributed by atoms with van der Waals surface area (Å²) in [6.45, 7) is 11.0. The molecule has 284 valence electrons. The van der Waals surface area contributed by atoms with E-state index in [1.165, 1.54) is 0 Å². The number of phenols is 1. The molecule has 0 unspecified atom stereocenters. The van der Waals surface area contributed by atoms with E-state index in [1.54, 1.807) is 30.5 Å². The van der Waals surface area contributed by atoms with Crippen molar-refractivity contribution in [2.75, 3.05) is 0 Å². The molecule has 0 aliphatic rings. The van der Waals surface area contributed by atoms with Crippen LogP contribution < -0.4 is 0 Å². The van der Waals surface area contributed by atoms with Gasteiger partial charge in [-0.15, -0.1) is 0 Å². The SMILES string of the molecule is [2H]c1c([2H])c(C([2H])([2H])[2H])c([2H])c([2H])c1-c1ccnc(-c2cc(-c3cccc4c3nc(-c3ccccc3O)n4-c3ccc(-c4c(C([2H])(C)C)cccc4C([2H])(C)C)cc3)cc(C(C)(C)C)c2)c1. The third-order valence-corrected chi connectivity index (χ3v) is 10.5. The van der Waals surface area contributed by atoms with Crippen LogP contribution in [0.5, 0.6) is 5.75 Å². The standard InChI is InChI=1S/C53H51N3O/c1-33(2)43-14-11-15-44(34(3)4)50(43)37-23-25-42(26-24-37)56-48-17-12-16-45(51(48)55-52(56)46-13-9-10-18-49(46)57)39-29-40(31-41(30-39)53(6,7)8)47-32-38(27-28-54-47)36-21-19-35(5)20-22-36/h9-34,57H,1-8H3/i5D3,19D,20D,21D,22D,33D,34D. The Bertz CT molecular complexity index is 3130. The van der Waals surface area contributed by atoms with Gasteiger partial charge in [0.15, 0.2) is 0 Å². The van der Waals surface area contributed by atoms with E-state index in [4.69, 9.17) is 22.3 Å². The second kappa shape index (κ2) is 15.0. The zero-order chi connectivity index (χ0) is 47.8. The molecule has 1 N–H and O–H groups in total. The summed E-state index contributed by atoms with van der Waals surface area (Å²) >= 11 is 0. The molecule has 57 heavy (non-hydrogen) atoms. The maximum atomic E-state index is 11.3. The van der Waals surface area contributed by atoms with Crippen molar-refractivity contribution in [2.24, 2.45) is 0 Å². The smallest absolute Gasteiger partial charge is 0.149 e. The number of hydrogen-bond donors (Lipinski definition) is 1. The number of aromatic hydroxyl groups is 1. The van der Waals surface area contributed by atoms with Crippen LogP contribution in [0.15, 0.2) is 146 Å². The first-order valence-electron chi connectivity index (χ1n) is 23.6. The summed E-state index contributed by atoms with van der Waals surface area (Å²) in [5, 5.41) is 11.3. The number of fused-ring (bicyclic) bond motifs is 1. The monoisotopic (exact) mass is 754 g/mol. The van der Waals surface area contributed by atoms with Crippen LogP contribution in [0.25, 0.3) is 72.7 Å². The largest absolute Gasteiger partial charge is 0.507 e. The topological polar surface area (TPSA) is 50.9 Å². The van der Waals surface area contributed by atoms with Gasteiger partial charge in [0, 0.05) is 29.9 Å². The maximum absolute atomic E-state index is 11.3. The predicted octanol–water partition coefficient (Wildman–Crippen LogP) is 14.3. The summed E-state index contributed by atoms with van der Waals surface area (Å²) in [5.74, 6) is -1.25. The lowest BCUT2D eigenvalue weighted by Crippen LogP contribution is -2.11. The van der Waals surface area contributed by atoms with Gasteiger partial charge in [0.2, 0.25) is 0 Å². The Morgan fingerprint density at radius 1 is 0.667 bits per heavy atom. The summed E-state index contributed by atoms with van der Waals surface area (Å²) in [6, 6.07) is 34.4. The second-order valence-electron chi connectivity index (χ2n) is 16.0. The molecule has 0 atom stereocenters. The number of imidazole rings is 1. The lowest BCUT2D eigenvalue weighted by molar-refractivity contribution is 0.477. The summed E-state index contributed by atoms with van der Waals surface area (Å²) in [5.41, 5.74) is 9.49. The van der Waals surface area contributed by atoms with Crippen LogP contribution in [-0.4, -0.2) is 19.6 Å². The third-order valence-electron chi connectivity index (χ3n) is 10.5. The van der Waals surface area contributed by atoms with Crippen molar-refractivity contribution in [2.45, 2.75) is 72.5 Å². The second-order valence-corrected chi connectivity index (χ2v) is 16.0. The highest BCUT2D eigenvalue weighted by Gasteiger charge is 2.23. The maximum Gasteiger partial charge on any atom is 0.149 e. The summed E-state index contributed by atoms with van der Waals surface area (Å²) in [7, 11) is 0. The molecule has 0 radical (unpaired) electrons. The molecule has 4 heteroatoms. The van der Waals surface area contributed by atoms with Gasteiger partial charge in [0.05, 0.1) is 27.8 Å². The van der Waals surface area contributed by atoms with E-state index >= 15 is 0 Å². The van der Waals surface area contributed by atoms with E-state index in [0.29, 0.717) is 28.2 Å². The van der Waals surface area contributed by atoms with Crippen LogP contribution in [0, 0.1) is 6.85 Å². The van der Waals surface area contributed by atoms with Crippen molar-refractivity contribution in [1.82, 2.24) is 14.5 Å².